The van der Waals surface area contributed by atoms with E-state index in [1.807, 2.05) is 13.1 Å². The van der Waals surface area contributed by atoms with Gasteiger partial charge in [0.05, 0.1) is 0 Å². The summed E-state index contributed by atoms with van der Waals surface area (Å²) in [5, 5.41) is 0. The highest BCUT2D eigenvalue weighted by atomic mass is 16.0. The summed E-state index contributed by atoms with van der Waals surface area (Å²) in [4.78, 5) is 6.61. The van der Waals surface area contributed by atoms with Crippen LogP contribution in [0.2, 0.25) is 0 Å². The molecule has 0 aromatic carbocycles. The quantitative estimate of drug-likeness (QED) is 0.651. The van der Waals surface area contributed by atoms with Crippen molar-refractivity contribution < 1.29 is 5.48 Å². The average molecular weight is 180 g/mol. The number of pyridine rings is 1. The highest BCUT2D eigenvalue weighted by Crippen LogP contribution is 2.19. The maximum atomic E-state index is 4.18. The van der Waals surface area contributed by atoms with E-state index in [9.17, 15) is 0 Å². The SMILES string of the molecule is Cc1cc(N2CCCC2)ccn1.O. The molecule has 3 heteroatoms. The third-order valence-electron chi connectivity index (χ3n) is 2.35. The van der Waals surface area contributed by atoms with E-state index in [0.29, 0.717) is 0 Å². The van der Waals surface area contributed by atoms with Gasteiger partial charge < -0.3 is 10.4 Å². The summed E-state index contributed by atoms with van der Waals surface area (Å²) in [6, 6.07) is 4.25. The second-order valence-corrected chi connectivity index (χ2v) is 3.35. The minimum atomic E-state index is 0. The van der Waals surface area contributed by atoms with E-state index in [4.69, 9.17) is 0 Å². The highest BCUT2D eigenvalue weighted by Gasteiger charge is 2.11. The summed E-state index contributed by atoms with van der Waals surface area (Å²) < 4.78 is 0. The number of rotatable bonds is 1. The number of anilines is 1. The zero-order chi connectivity index (χ0) is 8.39. The van der Waals surface area contributed by atoms with Crippen LogP contribution in [-0.2, 0) is 0 Å². The van der Waals surface area contributed by atoms with Crippen molar-refractivity contribution in [3.63, 3.8) is 0 Å². The first-order valence-electron chi connectivity index (χ1n) is 4.54. The molecule has 0 unspecified atom stereocenters. The van der Waals surface area contributed by atoms with E-state index in [-0.39, 0.29) is 5.48 Å². The maximum absolute atomic E-state index is 4.18. The molecule has 2 rings (SSSR count). The molecule has 1 fully saturated rings. The Balaban J connectivity index is 0.000000845. The third-order valence-corrected chi connectivity index (χ3v) is 2.35. The van der Waals surface area contributed by atoms with Crippen LogP contribution < -0.4 is 4.90 Å². The van der Waals surface area contributed by atoms with Crippen molar-refractivity contribution in [2.45, 2.75) is 19.8 Å². The number of aromatic nitrogens is 1. The van der Waals surface area contributed by atoms with E-state index in [2.05, 4.69) is 22.0 Å². The Hall–Kier alpha value is -1.09. The lowest BCUT2D eigenvalue weighted by molar-refractivity contribution is 0.824. The Morgan fingerprint density at radius 1 is 1.31 bits per heavy atom. The molecule has 1 aromatic heterocycles. The fourth-order valence-electron chi connectivity index (χ4n) is 1.70. The number of hydrogen-bond donors (Lipinski definition) is 0. The maximum Gasteiger partial charge on any atom is 0.0399 e. The second-order valence-electron chi connectivity index (χ2n) is 3.35. The van der Waals surface area contributed by atoms with Gasteiger partial charge in [0.25, 0.3) is 0 Å². The molecule has 2 heterocycles. The largest absolute Gasteiger partial charge is 0.412 e. The lowest BCUT2D eigenvalue weighted by Crippen LogP contribution is -2.17. The van der Waals surface area contributed by atoms with Gasteiger partial charge >= 0.3 is 0 Å². The topological polar surface area (TPSA) is 47.6 Å². The molecular weight excluding hydrogens is 164 g/mol. The molecule has 0 amide bonds. The molecule has 3 nitrogen and oxygen atoms in total. The first-order chi connectivity index (χ1) is 5.86. The second kappa shape index (κ2) is 4.23. The zero-order valence-electron chi connectivity index (χ0n) is 7.95. The normalized spacial score (nSPS) is 15.6. The molecule has 2 N–H and O–H groups in total. The van der Waals surface area contributed by atoms with E-state index >= 15 is 0 Å². The summed E-state index contributed by atoms with van der Waals surface area (Å²) in [6.07, 6.45) is 4.56. The Morgan fingerprint density at radius 2 is 2.00 bits per heavy atom. The number of nitrogens with zero attached hydrogens (tertiary/aromatic N) is 2. The molecule has 0 radical (unpaired) electrons. The smallest absolute Gasteiger partial charge is 0.0399 e. The Labute approximate surface area is 78.7 Å². The van der Waals surface area contributed by atoms with Crippen molar-refractivity contribution in [2.75, 3.05) is 18.0 Å². The van der Waals surface area contributed by atoms with Crippen LogP contribution in [0, 0.1) is 6.92 Å². The predicted molar refractivity (Wildman–Crippen MR) is 54.0 cm³/mol. The van der Waals surface area contributed by atoms with Gasteiger partial charge in [0.1, 0.15) is 0 Å². The van der Waals surface area contributed by atoms with Crippen LogP contribution in [0.25, 0.3) is 0 Å². The molecule has 1 aliphatic rings. The van der Waals surface area contributed by atoms with Gasteiger partial charge in [0.15, 0.2) is 0 Å². The molecule has 0 spiro atoms. The van der Waals surface area contributed by atoms with Gasteiger partial charge in [0.2, 0.25) is 0 Å². The lowest BCUT2D eigenvalue weighted by Gasteiger charge is -2.17. The molecule has 0 aliphatic carbocycles. The van der Waals surface area contributed by atoms with Crippen LogP contribution >= 0.6 is 0 Å². The van der Waals surface area contributed by atoms with Crippen molar-refractivity contribution in [2.24, 2.45) is 0 Å². The molecular formula is C10H16N2O. The summed E-state index contributed by atoms with van der Waals surface area (Å²) in [7, 11) is 0. The molecule has 1 saturated heterocycles. The van der Waals surface area contributed by atoms with Gasteiger partial charge in [0, 0.05) is 30.7 Å². The predicted octanol–water partition coefficient (Wildman–Crippen LogP) is 1.17. The minimum Gasteiger partial charge on any atom is -0.412 e. The fourth-order valence-corrected chi connectivity index (χ4v) is 1.70. The number of aryl methyl sites for hydroxylation is 1. The van der Waals surface area contributed by atoms with E-state index in [0.717, 1.165) is 5.69 Å². The van der Waals surface area contributed by atoms with E-state index in [1.54, 1.807) is 0 Å². The highest BCUT2D eigenvalue weighted by molar-refractivity contribution is 5.46. The van der Waals surface area contributed by atoms with Crippen molar-refractivity contribution in [1.29, 1.82) is 0 Å². The van der Waals surface area contributed by atoms with Crippen LogP contribution in [-0.4, -0.2) is 23.5 Å². The van der Waals surface area contributed by atoms with Crippen LogP contribution in [0.3, 0.4) is 0 Å². The summed E-state index contributed by atoms with van der Waals surface area (Å²) in [6.45, 7) is 4.46. The van der Waals surface area contributed by atoms with Gasteiger partial charge in [-0.1, -0.05) is 0 Å². The van der Waals surface area contributed by atoms with Crippen molar-refractivity contribution in [1.82, 2.24) is 4.98 Å². The molecule has 0 saturated carbocycles. The van der Waals surface area contributed by atoms with Crippen molar-refractivity contribution in [3.8, 4) is 0 Å². The number of hydrogen-bond acceptors (Lipinski definition) is 2. The first-order valence-corrected chi connectivity index (χ1v) is 4.54. The van der Waals surface area contributed by atoms with Crippen LogP contribution in [0.15, 0.2) is 18.3 Å². The first kappa shape index (κ1) is 9.99. The average Bonchev–Trinajstić information content (AvgIpc) is 2.56. The van der Waals surface area contributed by atoms with E-state index < -0.39 is 0 Å². The lowest BCUT2D eigenvalue weighted by atomic mass is 10.3. The van der Waals surface area contributed by atoms with Crippen molar-refractivity contribution in [3.05, 3.63) is 24.0 Å². The minimum absolute atomic E-state index is 0. The fraction of sp³-hybridized carbons (Fsp3) is 0.500. The van der Waals surface area contributed by atoms with Gasteiger partial charge in [-0.05, 0) is 31.9 Å². The van der Waals surface area contributed by atoms with Crippen LogP contribution in [0.5, 0.6) is 0 Å². The van der Waals surface area contributed by atoms with Gasteiger partial charge in [-0.15, -0.1) is 0 Å². The summed E-state index contributed by atoms with van der Waals surface area (Å²) in [5.41, 5.74) is 2.44. The Bertz CT molecular complexity index is 269. The monoisotopic (exact) mass is 180 g/mol. The van der Waals surface area contributed by atoms with Gasteiger partial charge in [-0.2, -0.15) is 0 Å². The standard InChI is InChI=1S/C10H14N2.H2O/c1-9-8-10(4-5-11-9)12-6-2-3-7-12;/h4-5,8H,2-3,6-7H2,1H3;1H2. The molecule has 72 valence electrons. The molecule has 1 aliphatic heterocycles. The zero-order valence-corrected chi connectivity index (χ0v) is 7.95. The Kier molecular flexibility index (Phi) is 3.25. The van der Waals surface area contributed by atoms with Crippen molar-refractivity contribution >= 4 is 5.69 Å². The summed E-state index contributed by atoms with van der Waals surface area (Å²) in [5.74, 6) is 0. The summed E-state index contributed by atoms with van der Waals surface area (Å²) >= 11 is 0. The van der Waals surface area contributed by atoms with Gasteiger partial charge in [-0.3, -0.25) is 4.98 Å². The Morgan fingerprint density at radius 3 is 2.62 bits per heavy atom. The van der Waals surface area contributed by atoms with Gasteiger partial charge in [-0.25, -0.2) is 0 Å². The molecule has 0 bridgehead atoms. The van der Waals surface area contributed by atoms with Crippen LogP contribution in [0.4, 0.5) is 5.69 Å². The molecule has 0 atom stereocenters. The third kappa shape index (κ3) is 2.18. The van der Waals surface area contributed by atoms with E-state index in [1.165, 1.54) is 31.6 Å². The molecule has 1 aromatic rings. The molecule has 13 heavy (non-hydrogen) atoms. The van der Waals surface area contributed by atoms with Crippen LogP contribution in [0.1, 0.15) is 18.5 Å².